The SMILES string of the molecule is CC(C)[C@H](NC(=O)CCCCC[C@@H]1CC[C@@H]2NC(=O)N[C@H]12)C(=O)N[C@@H](C)C(=O)NC(CC(=O)O)C(=O)CF. The van der Waals surface area contributed by atoms with Crippen LogP contribution in [0.15, 0.2) is 0 Å². The highest BCUT2D eigenvalue weighted by Gasteiger charge is 2.41. The lowest BCUT2D eigenvalue weighted by Crippen LogP contribution is -2.56. The Bertz CT molecular complexity index is 899. The first-order valence-corrected chi connectivity index (χ1v) is 13.2. The van der Waals surface area contributed by atoms with Gasteiger partial charge >= 0.3 is 12.0 Å². The molecule has 2 aliphatic rings. The van der Waals surface area contributed by atoms with Gasteiger partial charge in [0.15, 0.2) is 5.78 Å². The van der Waals surface area contributed by atoms with Gasteiger partial charge in [0.1, 0.15) is 24.8 Å². The van der Waals surface area contributed by atoms with Crippen molar-refractivity contribution in [1.29, 1.82) is 0 Å². The largest absolute Gasteiger partial charge is 0.481 e. The molecule has 12 nitrogen and oxygen atoms in total. The molecule has 5 amide bonds. The fourth-order valence-electron chi connectivity index (χ4n) is 4.97. The molecule has 214 valence electrons. The van der Waals surface area contributed by atoms with E-state index in [1.807, 2.05) is 0 Å². The Kier molecular flexibility index (Phi) is 11.9. The number of unbranched alkanes of at least 4 members (excludes halogenated alkanes) is 2. The number of fused-ring (bicyclic) bond motifs is 1. The standard InChI is InChI=1S/C25H40FN5O7/c1-13(2)21(24(37)27-14(3)23(36)28-17(11-20(34)35)18(32)12-26)30-19(33)8-6-4-5-7-15-9-10-16-22(15)31-25(38)29-16/h13-17,21-22H,4-12H2,1-3H3,(H,27,37)(H,28,36)(H,30,33)(H,34,35)(H2,29,31,38)/t14-,15+,16-,17?,21-,22+/m0/s1. The van der Waals surface area contributed by atoms with Crippen LogP contribution in [-0.2, 0) is 24.0 Å². The van der Waals surface area contributed by atoms with Crippen LogP contribution in [0.5, 0.6) is 0 Å². The molecule has 1 aliphatic heterocycles. The van der Waals surface area contributed by atoms with E-state index < -0.39 is 54.8 Å². The van der Waals surface area contributed by atoms with Crippen LogP contribution in [0.1, 0.15) is 72.1 Å². The highest BCUT2D eigenvalue weighted by Crippen LogP contribution is 2.32. The molecule has 0 radical (unpaired) electrons. The first-order valence-electron chi connectivity index (χ1n) is 13.2. The number of Topliss-reactive ketones (excluding diaryl/α,β-unsaturated/α-hetero) is 1. The minimum Gasteiger partial charge on any atom is -0.481 e. The summed E-state index contributed by atoms with van der Waals surface area (Å²) in [5.41, 5.74) is 0. The van der Waals surface area contributed by atoms with E-state index in [4.69, 9.17) is 5.11 Å². The van der Waals surface area contributed by atoms with Crippen molar-refractivity contribution in [2.45, 2.75) is 102 Å². The van der Waals surface area contributed by atoms with E-state index in [9.17, 15) is 33.2 Å². The Balaban J connectivity index is 1.74. The molecule has 2 rings (SSSR count). The van der Waals surface area contributed by atoms with Crippen LogP contribution in [0, 0.1) is 11.8 Å². The molecule has 2 fully saturated rings. The third kappa shape index (κ3) is 9.25. The molecule has 6 atom stereocenters. The zero-order valence-corrected chi connectivity index (χ0v) is 22.2. The Morgan fingerprint density at radius 1 is 0.974 bits per heavy atom. The number of carbonyl (C=O) groups excluding carboxylic acids is 5. The zero-order valence-electron chi connectivity index (χ0n) is 22.2. The van der Waals surface area contributed by atoms with Gasteiger partial charge in [-0.2, -0.15) is 0 Å². The summed E-state index contributed by atoms with van der Waals surface area (Å²) < 4.78 is 12.7. The van der Waals surface area contributed by atoms with Crippen molar-refractivity contribution in [3.8, 4) is 0 Å². The lowest BCUT2D eigenvalue weighted by molar-refractivity contribution is -0.140. The van der Waals surface area contributed by atoms with Gasteiger partial charge in [-0.3, -0.25) is 24.0 Å². The average molecular weight is 542 g/mol. The topological polar surface area (TPSA) is 183 Å². The number of ketones is 1. The lowest BCUT2D eigenvalue weighted by atomic mass is 9.95. The number of carboxylic acids is 1. The number of carbonyl (C=O) groups is 6. The molecule has 1 unspecified atom stereocenters. The number of urea groups is 1. The molecule has 0 spiro atoms. The van der Waals surface area contributed by atoms with Gasteiger partial charge < -0.3 is 31.7 Å². The van der Waals surface area contributed by atoms with Crippen LogP contribution < -0.4 is 26.6 Å². The Hall–Kier alpha value is -3.25. The smallest absolute Gasteiger partial charge is 0.315 e. The summed E-state index contributed by atoms with van der Waals surface area (Å²) in [5.74, 6) is -4.06. The van der Waals surface area contributed by atoms with Crippen molar-refractivity contribution in [3.05, 3.63) is 0 Å². The Morgan fingerprint density at radius 2 is 1.68 bits per heavy atom. The van der Waals surface area contributed by atoms with Crippen molar-refractivity contribution >= 4 is 35.5 Å². The van der Waals surface area contributed by atoms with Gasteiger partial charge in [0, 0.05) is 6.42 Å². The van der Waals surface area contributed by atoms with Crippen LogP contribution in [0.4, 0.5) is 9.18 Å². The molecule has 13 heteroatoms. The summed E-state index contributed by atoms with van der Waals surface area (Å²) in [4.78, 5) is 71.6. The number of halogens is 1. The average Bonchev–Trinajstić information content (AvgIpc) is 3.39. The van der Waals surface area contributed by atoms with Crippen molar-refractivity contribution in [3.63, 3.8) is 0 Å². The number of rotatable bonds is 16. The number of nitrogens with one attached hydrogen (secondary N) is 5. The Labute approximate surface area is 221 Å². The van der Waals surface area contributed by atoms with Gasteiger partial charge in [0.25, 0.3) is 0 Å². The summed E-state index contributed by atoms with van der Waals surface area (Å²) >= 11 is 0. The first-order chi connectivity index (χ1) is 17.9. The van der Waals surface area contributed by atoms with Crippen molar-refractivity contribution < 1.29 is 38.3 Å². The van der Waals surface area contributed by atoms with Gasteiger partial charge in [0.05, 0.1) is 18.5 Å². The maximum Gasteiger partial charge on any atom is 0.315 e. The number of hydrogen-bond acceptors (Lipinski definition) is 6. The molecule has 0 aromatic rings. The first kappa shape index (κ1) is 31.0. The number of alkyl halides is 1. The third-order valence-electron chi connectivity index (χ3n) is 7.12. The van der Waals surface area contributed by atoms with E-state index in [1.165, 1.54) is 6.92 Å². The fraction of sp³-hybridized carbons (Fsp3) is 0.760. The monoisotopic (exact) mass is 541 g/mol. The van der Waals surface area contributed by atoms with Crippen molar-refractivity contribution in [1.82, 2.24) is 26.6 Å². The summed E-state index contributed by atoms with van der Waals surface area (Å²) in [7, 11) is 0. The quantitative estimate of drug-likeness (QED) is 0.154. The molecule has 38 heavy (non-hydrogen) atoms. The highest BCUT2D eigenvalue weighted by atomic mass is 19.1. The molecule has 1 heterocycles. The fourth-order valence-corrected chi connectivity index (χ4v) is 4.97. The minimum atomic E-state index is -1.55. The third-order valence-corrected chi connectivity index (χ3v) is 7.12. The zero-order chi connectivity index (χ0) is 28.4. The molecule has 1 aliphatic carbocycles. The second-order valence-corrected chi connectivity index (χ2v) is 10.5. The summed E-state index contributed by atoms with van der Waals surface area (Å²) in [6, 6.07) is -3.31. The van der Waals surface area contributed by atoms with E-state index in [0.29, 0.717) is 12.3 Å². The highest BCUT2D eigenvalue weighted by molar-refractivity contribution is 5.96. The van der Waals surface area contributed by atoms with Crippen molar-refractivity contribution in [2.24, 2.45) is 11.8 Å². The number of amides is 5. The molecule has 6 N–H and O–H groups in total. The predicted molar refractivity (Wildman–Crippen MR) is 135 cm³/mol. The van der Waals surface area contributed by atoms with Crippen LogP contribution >= 0.6 is 0 Å². The number of hydrogen-bond donors (Lipinski definition) is 6. The number of aliphatic carboxylic acids is 1. The van der Waals surface area contributed by atoms with E-state index in [1.54, 1.807) is 13.8 Å². The van der Waals surface area contributed by atoms with E-state index in [2.05, 4.69) is 26.6 Å². The summed E-state index contributed by atoms with van der Waals surface area (Å²) in [5, 5.41) is 22.1. The molecular formula is C25H40FN5O7. The van der Waals surface area contributed by atoms with Crippen molar-refractivity contribution in [2.75, 3.05) is 6.67 Å². The van der Waals surface area contributed by atoms with E-state index in [0.717, 1.165) is 32.1 Å². The number of carboxylic acid groups (broad SMARTS) is 1. The van der Waals surface area contributed by atoms with Crippen LogP contribution in [-0.4, -0.2) is 77.5 Å². The molecule has 0 aromatic heterocycles. The van der Waals surface area contributed by atoms with Crippen LogP contribution in [0.25, 0.3) is 0 Å². The van der Waals surface area contributed by atoms with Gasteiger partial charge in [-0.1, -0.05) is 26.7 Å². The maximum atomic E-state index is 12.8. The molecular weight excluding hydrogens is 501 g/mol. The predicted octanol–water partition coefficient (Wildman–Crippen LogP) is 0.541. The molecule has 1 saturated carbocycles. The summed E-state index contributed by atoms with van der Waals surface area (Å²) in [6.07, 6.45) is 4.91. The molecule has 0 bridgehead atoms. The molecule has 1 saturated heterocycles. The lowest BCUT2D eigenvalue weighted by Gasteiger charge is -2.24. The second-order valence-electron chi connectivity index (χ2n) is 10.5. The van der Waals surface area contributed by atoms with Crippen LogP contribution in [0.2, 0.25) is 0 Å². The maximum absolute atomic E-state index is 12.8. The van der Waals surface area contributed by atoms with Gasteiger partial charge in [0.2, 0.25) is 17.7 Å². The second kappa shape index (κ2) is 14.6. The van der Waals surface area contributed by atoms with Gasteiger partial charge in [-0.25, -0.2) is 9.18 Å². The minimum absolute atomic E-state index is 0.102. The van der Waals surface area contributed by atoms with Gasteiger partial charge in [-0.15, -0.1) is 0 Å². The van der Waals surface area contributed by atoms with Gasteiger partial charge in [-0.05, 0) is 44.4 Å². The Morgan fingerprint density at radius 3 is 2.32 bits per heavy atom. The van der Waals surface area contributed by atoms with E-state index >= 15 is 0 Å². The molecule has 0 aromatic carbocycles. The summed E-state index contributed by atoms with van der Waals surface area (Å²) in [6.45, 7) is 3.38. The normalized spacial score (nSPS) is 22.4. The van der Waals surface area contributed by atoms with E-state index in [-0.39, 0.29) is 36.4 Å². The van der Waals surface area contributed by atoms with Crippen LogP contribution in [0.3, 0.4) is 0 Å².